The van der Waals surface area contributed by atoms with Gasteiger partial charge in [-0.05, 0) is 102 Å². The van der Waals surface area contributed by atoms with E-state index in [4.69, 9.17) is 47.2 Å². The van der Waals surface area contributed by atoms with E-state index in [9.17, 15) is 93.8 Å². The van der Waals surface area contributed by atoms with Gasteiger partial charge in [0.25, 0.3) is 0 Å². The normalized spacial score (nSPS) is 26.7. The second kappa shape index (κ2) is 60.1. The predicted molar refractivity (Wildman–Crippen MR) is 426 cm³/mol. The van der Waals surface area contributed by atoms with E-state index in [1.54, 1.807) is 25.7 Å². The molecule has 674 valence electrons. The SMILES string of the molecule is COP(=O)(O)OC[C@@H]1C[C@@H](C)CN1C(=O)CCCCCCCCCCC(=O)CC(COCCC(=O)CCCCCC(=O)CCCCOC1OC(CO)C(O)C(O)C1C)(COCCC(=O)CCCCCC(=O)CCCCOC1OC(CO)C(O)C(O)C1C)COCCC(=O)CCCCCC(=O)CCCCOC1OC(CO)C(O)C(O)C1C. The number of likely N-dealkylation sites (tertiary alicyclic amines) is 1. The molecule has 0 radical (unpaired) electrons. The summed E-state index contributed by atoms with van der Waals surface area (Å²) >= 11 is 0. The number of carbonyl (C=O) groups is 8. The van der Waals surface area contributed by atoms with Crippen molar-refractivity contribution in [1.82, 2.24) is 4.90 Å². The van der Waals surface area contributed by atoms with Crippen molar-refractivity contribution in [2.24, 2.45) is 29.1 Å². The van der Waals surface area contributed by atoms with Crippen molar-refractivity contribution < 1.29 is 145 Å². The Morgan fingerprint density at radius 3 is 0.966 bits per heavy atom. The van der Waals surface area contributed by atoms with E-state index >= 15 is 0 Å². The molecule has 18 atom stereocenters. The topological polar surface area (TPSA) is 461 Å². The van der Waals surface area contributed by atoms with Gasteiger partial charge in [-0.3, -0.25) is 47.4 Å². The Kier molecular flexibility index (Phi) is 54.4. The molecule has 116 heavy (non-hydrogen) atoms. The lowest BCUT2D eigenvalue weighted by Gasteiger charge is -2.40. The Hall–Kier alpha value is -3.45. The van der Waals surface area contributed by atoms with Gasteiger partial charge < -0.3 is 98.4 Å². The molecule has 0 spiro atoms. The van der Waals surface area contributed by atoms with E-state index in [2.05, 4.69) is 4.52 Å². The Balaban J connectivity index is 1.28. The van der Waals surface area contributed by atoms with Crippen LogP contribution in [0.2, 0.25) is 0 Å². The lowest BCUT2D eigenvalue weighted by Crippen LogP contribution is -2.55. The average molecular weight is 1680 g/mol. The van der Waals surface area contributed by atoms with Crippen molar-refractivity contribution in [3.05, 3.63) is 0 Å². The number of carbonyl (C=O) groups excluding carboxylic acids is 8. The molecule has 4 saturated heterocycles. The van der Waals surface area contributed by atoms with Crippen LogP contribution in [0.5, 0.6) is 0 Å². The Bertz CT molecular complexity index is 2590. The number of unbranched alkanes of at least 4 members (excludes halogenated alkanes) is 16. The van der Waals surface area contributed by atoms with Gasteiger partial charge in [0.2, 0.25) is 5.91 Å². The number of phosphoric acid groups is 1. The van der Waals surface area contributed by atoms with Crippen molar-refractivity contribution in [2.75, 3.05) is 99.5 Å². The Morgan fingerprint density at radius 1 is 0.379 bits per heavy atom. The number of ketones is 7. The zero-order chi connectivity index (χ0) is 85.3. The number of hydrogen-bond donors (Lipinski definition) is 10. The van der Waals surface area contributed by atoms with Crippen LogP contribution in [0.1, 0.15) is 278 Å². The molecule has 10 N–H and O–H groups in total. The summed E-state index contributed by atoms with van der Waals surface area (Å²) in [6.07, 6.45) is 8.27. The van der Waals surface area contributed by atoms with Gasteiger partial charge in [-0.25, -0.2) is 4.57 Å². The lowest BCUT2D eigenvalue weighted by molar-refractivity contribution is -0.282. The molecule has 0 saturated carbocycles. The predicted octanol–water partition coefficient (Wildman–Crippen LogP) is 8.11. The minimum Gasteiger partial charge on any atom is -0.394 e. The molecule has 4 fully saturated rings. The maximum atomic E-state index is 14.2. The molecule has 0 bridgehead atoms. The summed E-state index contributed by atoms with van der Waals surface area (Å²) in [5.41, 5.74) is -1.07. The van der Waals surface area contributed by atoms with Crippen molar-refractivity contribution in [1.29, 1.82) is 0 Å². The molecule has 32 heteroatoms. The molecule has 31 nitrogen and oxygen atoms in total. The zero-order valence-corrected chi connectivity index (χ0v) is 71.2. The Labute approximate surface area is 688 Å². The van der Waals surface area contributed by atoms with Crippen LogP contribution in [0.3, 0.4) is 0 Å². The van der Waals surface area contributed by atoms with Gasteiger partial charge in [0.15, 0.2) is 18.9 Å². The first-order chi connectivity index (χ1) is 55.6. The molecule has 4 rings (SSSR count). The largest absolute Gasteiger partial charge is 0.471 e. The van der Waals surface area contributed by atoms with Gasteiger partial charge in [-0.2, -0.15) is 0 Å². The summed E-state index contributed by atoms with van der Waals surface area (Å²) in [7, 11) is -3.07. The van der Waals surface area contributed by atoms with E-state index in [1.165, 1.54) is 0 Å². The number of aliphatic hydroxyl groups excluding tert-OH is 9. The highest BCUT2D eigenvalue weighted by Gasteiger charge is 2.45. The van der Waals surface area contributed by atoms with Gasteiger partial charge in [-0.1, -0.05) is 85.5 Å². The number of rotatable bonds is 71. The van der Waals surface area contributed by atoms with E-state index in [-0.39, 0.29) is 176 Å². The van der Waals surface area contributed by atoms with Crippen LogP contribution >= 0.6 is 7.82 Å². The third-order valence-electron chi connectivity index (χ3n) is 22.8. The van der Waals surface area contributed by atoms with Crippen LogP contribution in [0.15, 0.2) is 0 Å². The summed E-state index contributed by atoms with van der Waals surface area (Å²) in [6, 6.07) is -0.293. The number of phosphoric ester groups is 1. The minimum atomic E-state index is -4.17. The van der Waals surface area contributed by atoms with Crippen LogP contribution in [0, 0.1) is 29.1 Å². The van der Waals surface area contributed by atoms with E-state index in [1.807, 2.05) is 6.92 Å². The van der Waals surface area contributed by atoms with Gasteiger partial charge in [0.05, 0.1) is 90.4 Å². The lowest BCUT2D eigenvalue weighted by atomic mass is 9.83. The van der Waals surface area contributed by atoms with Crippen LogP contribution < -0.4 is 0 Å². The zero-order valence-electron chi connectivity index (χ0n) is 70.3. The fourth-order valence-corrected chi connectivity index (χ4v) is 15.6. The molecule has 16 unspecified atom stereocenters. The van der Waals surface area contributed by atoms with Crippen LogP contribution in [-0.2, 0) is 94.6 Å². The summed E-state index contributed by atoms with van der Waals surface area (Å²) < 4.78 is 74.6. The second-order valence-corrected chi connectivity index (χ2v) is 34.6. The highest BCUT2D eigenvalue weighted by atomic mass is 31.2. The summed E-state index contributed by atoms with van der Waals surface area (Å²) in [4.78, 5) is 117. The molecular formula is C84H148NO30P. The molecular weight excluding hydrogens is 1530 g/mol. The van der Waals surface area contributed by atoms with Crippen LogP contribution in [0.25, 0.3) is 0 Å². The summed E-state index contributed by atoms with van der Waals surface area (Å²) in [6.45, 7) is 7.07. The minimum absolute atomic E-state index is 0.00156. The molecule has 1 amide bonds. The number of hydrogen-bond acceptors (Lipinski definition) is 29. The quantitative estimate of drug-likeness (QED) is 0.0203. The first kappa shape index (κ1) is 105. The molecule has 4 aliphatic rings. The number of Topliss-reactive ketones (excluding diaryl/α,β-unsaturated/α-hetero) is 7. The molecule has 0 aromatic carbocycles. The van der Waals surface area contributed by atoms with Gasteiger partial charge in [0.1, 0.15) is 77.1 Å². The van der Waals surface area contributed by atoms with Gasteiger partial charge in [0, 0.05) is 153 Å². The first-order valence-electron chi connectivity index (χ1n) is 43.5. The number of nitrogens with zero attached hydrogens (tertiary/aromatic N) is 1. The maximum Gasteiger partial charge on any atom is 0.471 e. The summed E-state index contributed by atoms with van der Waals surface area (Å²) in [5, 5.41) is 89.8. The smallest absolute Gasteiger partial charge is 0.394 e. The van der Waals surface area contributed by atoms with E-state index < -0.39 is 125 Å². The first-order valence-corrected chi connectivity index (χ1v) is 45.0. The monoisotopic (exact) mass is 1680 g/mol. The highest BCUT2D eigenvalue weighted by Crippen LogP contribution is 2.43. The fraction of sp³-hybridized carbons (Fsp3) is 0.905. The summed E-state index contributed by atoms with van der Waals surface area (Å²) in [5.74, 6) is -1.13. The number of ether oxygens (including phenoxy) is 9. The maximum absolute atomic E-state index is 14.2. The third kappa shape index (κ3) is 42.1. The van der Waals surface area contributed by atoms with Crippen molar-refractivity contribution in [3.8, 4) is 0 Å². The average Bonchev–Trinajstić information content (AvgIpc) is 1.41. The molecule has 0 aromatic heterocycles. The molecule has 4 aliphatic heterocycles. The van der Waals surface area contributed by atoms with Crippen molar-refractivity contribution in [2.45, 2.75) is 358 Å². The van der Waals surface area contributed by atoms with Gasteiger partial charge in [-0.15, -0.1) is 0 Å². The standard InChI is InChI=1S/C84H148NO30P/c1-59-49-63(55-112-116(103,104)105-5)85(51-59)74(96)39-22-11-9-7-6-8-10-15-38-70(95)50-84(56-106-46-40-67(92)32-19-12-16-29-64(89)35-23-26-43-109-81-60(2)75(97)78(100)71(52-86)113-81,57-107-47-41-68(93)33-20-13-17-30-65(90)36-24-27-44-110-82-61(3)76(98)79(101)72(53-87)114-82)58-108-48-42-69(94)34-21-14-18-31-66(91)37-25-28-45-111-83-62(4)77(99)80(102)73(54-88)115-83/h59-63,71-73,75-83,86-88,97-102H,6-58H2,1-5H3,(H,103,104)/t59-,60?,61?,62?,63+,71?,72?,73?,75?,76?,77?,78?,79?,80?,81?,82?,83?,84?/m1/s1. The van der Waals surface area contributed by atoms with E-state index in [0.29, 0.717) is 167 Å². The van der Waals surface area contributed by atoms with Crippen molar-refractivity contribution >= 4 is 54.2 Å². The fourth-order valence-electron chi connectivity index (χ4n) is 15.2. The molecule has 0 aliphatic carbocycles. The molecule has 0 aromatic rings. The molecule has 4 heterocycles. The van der Waals surface area contributed by atoms with Gasteiger partial charge >= 0.3 is 7.82 Å². The second-order valence-electron chi connectivity index (χ2n) is 33.0. The number of amides is 1. The Morgan fingerprint density at radius 2 is 0.655 bits per heavy atom. The van der Waals surface area contributed by atoms with Crippen molar-refractivity contribution in [3.63, 3.8) is 0 Å². The van der Waals surface area contributed by atoms with Crippen LogP contribution in [0.4, 0.5) is 0 Å². The van der Waals surface area contributed by atoms with E-state index in [0.717, 1.165) is 45.6 Å². The third-order valence-corrected chi connectivity index (χ3v) is 23.7. The van der Waals surface area contributed by atoms with Crippen LogP contribution in [-0.4, -0.2) is 282 Å². The number of aliphatic hydroxyl groups is 9. The highest BCUT2D eigenvalue weighted by molar-refractivity contribution is 7.47.